The van der Waals surface area contributed by atoms with Crippen LogP contribution < -0.4 is 5.32 Å². The number of carbonyl (C=O) groups excluding carboxylic acids is 3. The summed E-state index contributed by atoms with van der Waals surface area (Å²) in [5, 5.41) is 2.14. The summed E-state index contributed by atoms with van der Waals surface area (Å²) in [6, 6.07) is 1.59. The maximum absolute atomic E-state index is 13.8. The normalized spacial score (nSPS) is 10.7. The number of amides is 2. The predicted molar refractivity (Wildman–Crippen MR) is 101 cm³/mol. The number of carbonyl (C=O) groups is 3. The van der Waals surface area contributed by atoms with Crippen molar-refractivity contribution in [2.24, 2.45) is 0 Å². The van der Waals surface area contributed by atoms with E-state index in [1.54, 1.807) is 20.8 Å². The van der Waals surface area contributed by atoms with Crippen LogP contribution in [-0.4, -0.2) is 40.6 Å². The van der Waals surface area contributed by atoms with Crippen LogP contribution in [0.1, 0.15) is 52.4 Å². The molecule has 1 aromatic carbocycles. The average molecular weight is 409 g/mol. The van der Waals surface area contributed by atoms with Gasteiger partial charge in [0.25, 0.3) is 5.91 Å². The van der Waals surface area contributed by atoms with Crippen molar-refractivity contribution in [1.29, 1.82) is 0 Å². The van der Waals surface area contributed by atoms with E-state index < -0.39 is 41.5 Å². The maximum atomic E-state index is 13.8. The highest BCUT2D eigenvalue weighted by Crippen LogP contribution is 2.21. The van der Waals surface area contributed by atoms with Crippen LogP contribution in [0.3, 0.4) is 0 Å². The minimum Gasteiger partial charge on any atom is -0.354 e. The Morgan fingerprint density at radius 1 is 1.10 bits per heavy atom. The van der Waals surface area contributed by atoms with E-state index in [0.717, 1.165) is 6.07 Å². The number of aromatic nitrogens is 1. The molecule has 1 heterocycles. The third-order valence-electron chi connectivity index (χ3n) is 4.43. The van der Waals surface area contributed by atoms with E-state index in [0.29, 0.717) is 29.3 Å². The second-order valence-electron chi connectivity index (χ2n) is 6.68. The summed E-state index contributed by atoms with van der Waals surface area (Å²) in [6.07, 6.45) is 0.539. The molecule has 0 aliphatic heterocycles. The van der Waals surface area contributed by atoms with Gasteiger partial charge in [-0.25, -0.2) is 13.2 Å². The van der Waals surface area contributed by atoms with Gasteiger partial charge in [-0.15, -0.1) is 0 Å². The van der Waals surface area contributed by atoms with Crippen molar-refractivity contribution in [2.45, 2.75) is 34.1 Å². The highest BCUT2D eigenvalue weighted by atomic mass is 19.2. The van der Waals surface area contributed by atoms with Crippen LogP contribution in [0.5, 0.6) is 0 Å². The molecule has 2 N–H and O–H groups in total. The first-order valence-corrected chi connectivity index (χ1v) is 9.01. The summed E-state index contributed by atoms with van der Waals surface area (Å²) in [6.45, 7) is 6.29. The fourth-order valence-electron chi connectivity index (χ4n) is 3.16. The molecule has 0 bridgehead atoms. The summed E-state index contributed by atoms with van der Waals surface area (Å²) in [5.74, 6) is -6.05. The van der Waals surface area contributed by atoms with Gasteiger partial charge in [0, 0.05) is 17.8 Å². The van der Waals surface area contributed by atoms with Gasteiger partial charge in [0.05, 0.1) is 5.69 Å². The van der Waals surface area contributed by atoms with Gasteiger partial charge < -0.3 is 15.2 Å². The molecule has 0 spiro atoms. The van der Waals surface area contributed by atoms with Crippen molar-refractivity contribution in [1.82, 2.24) is 9.88 Å². The molecule has 2 amide bonds. The lowest BCUT2D eigenvalue weighted by atomic mass is 10.1. The first-order valence-electron chi connectivity index (χ1n) is 9.01. The van der Waals surface area contributed by atoms with E-state index in [-0.39, 0.29) is 18.0 Å². The largest absolute Gasteiger partial charge is 0.354 e. The number of hydrogen-bond donors (Lipinski definition) is 2. The fraction of sp³-hybridized carbons (Fsp3) is 0.350. The Labute approximate surface area is 166 Å². The van der Waals surface area contributed by atoms with Crippen molar-refractivity contribution in [2.75, 3.05) is 18.4 Å². The molecule has 29 heavy (non-hydrogen) atoms. The summed E-state index contributed by atoms with van der Waals surface area (Å²) in [7, 11) is 0. The lowest BCUT2D eigenvalue weighted by Crippen LogP contribution is -2.39. The first kappa shape index (κ1) is 22.2. The van der Waals surface area contributed by atoms with Crippen LogP contribution >= 0.6 is 0 Å². The molecule has 9 heteroatoms. The smallest absolute Gasteiger partial charge is 0.271 e. The fourth-order valence-corrected chi connectivity index (χ4v) is 3.16. The quantitative estimate of drug-likeness (QED) is 0.540. The van der Waals surface area contributed by atoms with E-state index >= 15 is 0 Å². The van der Waals surface area contributed by atoms with Crippen LogP contribution in [0.15, 0.2) is 12.1 Å². The molecule has 1 aromatic heterocycles. The van der Waals surface area contributed by atoms with Crippen LogP contribution in [0.4, 0.5) is 18.9 Å². The minimum atomic E-state index is -1.70. The number of nitrogens with zero attached hydrogens (tertiary/aromatic N) is 1. The number of Topliss-reactive ketones (excluding diaryl/α,β-unsaturated/α-hetero) is 1. The van der Waals surface area contributed by atoms with Gasteiger partial charge in [0.15, 0.2) is 23.2 Å². The summed E-state index contributed by atoms with van der Waals surface area (Å²) >= 11 is 0. The third kappa shape index (κ3) is 4.67. The minimum absolute atomic E-state index is 0.188. The molecule has 0 radical (unpaired) electrons. The van der Waals surface area contributed by atoms with Crippen LogP contribution in [0.25, 0.3) is 0 Å². The number of anilines is 1. The van der Waals surface area contributed by atoms with Crippen molar-refractivity contribution in [3.8, 4) is 0 Å². The molecule has 6 nitrogen and oxygen atoms in total. The predicted octanol–water partition coefficient (Wildman–Crippen LogP) is 3.74. The van der Waals surface area contributed by atoms with Crippen molar-refractivity contribution in [3.63, 3.8) is 0 Å². The topological polar surface area (TPSA) is 82.3 Å². The zero-order valence-electron chi connectivity index (χ0n) is 16.6. The van der Waals surface area contributed by atoms with E-state index in [4.69, 9.17) is 0 Å². The number of H-pyrrole nitrogens is 1. The molecule has 2 aromatic rings. The standard InChI is InChI=1S/C20H22F3N3O3/c1-5-8-26(20(29)19-10(2)16(12(4)27)11(3)24-19)9-15(28)25-14-7-6-13(21)17(22)18(14)23/h6-7,24H,5,8-9H2,1-4H3,(H,25,28). The summed E-state index contributed by atoms with van der Waals surface area (Å²) in [4.78, 5) is 41.1. The SMILES string of the molecule is CCCN(CC(=O)Nc1ccc(F)c(F)c1F)C(=O)c1[nH]c(C)c(C(C)=O)c1C. The molecule has 0 atom stereocenters. The van der Waals surface area contributed by atoms with Crippen LogP contribution in [-0.2, 0) is 4.79 Å². The number of hydrogen-bond acceptors (Lipinski definition) is 3. The Balaban J connectivity index is 2.23. The highest BCUT2D eigenvalue weighted by molar-refractivity contribution is 6.04. The number of aryl methyl sites for hydroxylation is 1. The molecule has 2 rings (SSSR count). The van der Waals surface area contributed by atoms with Crippen molar-refractivity contribution >= 4 is 23.3 Å². The number of benzene rings is 1. The molecule has 156 valence electrons. The number of halogens is 3. The van der Waals surface area contributed by atoms with Crippen molar-refractivity contribution in [3.05, 3.63) is 52.1 Å². The number of aromatic amines is 1. The Hall–Kier alpha value is -3.10. The lowest BCUT2D eigenvalue weighted by molar-refractivity contribution is -0.116. The summed E-state index contributed by atoms with van der Waals surface area (Å²) < 4.78 is 40.1. The number of ketones is 1. The van der Waals surface area contributed by atoms with Gasteiger partial charge >= 0.3 is 0 Å². The zero-order chi connectivity index (χ0) is 21.9. The van der Waals surface area contributed by atoms with Crippen LogP contribution in [0, 0.1) is 31.3 Å². The Morgan fingerprint density at radius 2 is 1.76 bits per heavy atom. The molecule has 0 saturated heterocycles. The maximum Gasteiger partial charge on any atom is 0.271 e. The van der Waals surface area contributed by atoms with Gasteiger partial charge in [-0.3, -0.25) is 14.4 Å². The van der Waals surface area contributed by atoms with Gasteiger partial charge in [-0.1, -0.05) is 6.92 Å². The zero-order valence-corrected chi connectivity index (χ0v) is 16.6. The molecule has 0 aliphatic rings. The van der Waals surface area contributed by atoms with E-state index in [1.807, 2.05) is 0 Å². The monoisotopic (exact) mass is 409 g/mol. The van der Waals surface area contributed by atoms with Gasteiger partial charge in [-0.05, 0) is 44.9 Å². The highest BCUT2D eigenvalue weighted by Gasteiger charge is 2.25. The molecule has 0 fully saturated rings. The third-order valence-corrected chi connectivity index (χ3v) is 4.43. The van der Waals surface area contributed by atoms with E-state index in [9.17, 15) is 27.6 Å². The first-order chi connectivity index (χ1) is 13.6. The summed E-state index contributed by atoms with van der Waals surface area (Å²) in [5.41, 5.74) is 1.10. The second kappa shape index (κ2) is 8.93. The molecular formula is C20H22F3N3O3. The second-order valence-corrected chi connectivity index (χ2v) is 6.68. The van der Waals surface area contributed by atoms with Crippen molar-refractivity contribution < 1.29 is 27.6 Å². The number of nitrogens with one attached hydrogen (secondary N) is 2. The Bertz CT molecular complexity index is 970. The Morgan fingerprint density at radius 3 is 2.31 bits per heavy atom. The Kier molecular flexibility index (Phi) is 6.84. The molecule has 0 aliphatic carbocycles. The molecule has 0 saturated carbocycles. The van der Waals surface area contributed by atoms with Crippen LogP contribution in [0.2, 0.25) is 0 Å². The number of rotatable bonds is 7. The molecular weight excluding hydrogens is 387 g/mol. The average Bonchev–Trinajstić information content (AvgIpc) is 2.95. The van der Waals surface area contributed by atoms with Gasteiger partial charge in [0.2, 0.25) is 5.91 Å². The van der Waals surface area contributed by atoms with E-state index in [2.05, 4.69) is 10.3 Å². The van der Waals surface area contributed by atoms with Gasteiger partial charge in [-0.2, -0.15) is 0 Å². The van der Waals surface area contributed by atoms with Gasteiger partial charge in [0.1, 0.15) is 12.2 Å². The van der Waals surface area contributed by atoms with E-state index in [1.165, 1.54) is 11.8 Å². The molecule has 0 unspecified atom stereocenters. The lowest BCUT2D eigenvalue weighted by Gasteiger charge is -2.21.